The number of hydrogen-bond donors (Lipinski definition) is 0. The quantitative estimate of drug-likeness (QED) is 0.248. The van der Waals surface area contributed by atoms with Gasteiger partial charge >= 0.3 is 0 Å². The summed E-state index contributed by atoms with van der Waals surface area (Å²) < 4.78 is 49.8. The predicted molar refractivity (Wildman–Crippen MR) is 107 cm³/mol. The van der Waals surface area contributed by atoms with Crippen molar-refractivity contribution in [3.8, 4) is 0 Å². The van der Waals surface area contributed by atoms with Crippen LogP contribution in [0.4, 0.5) is 0 Å². The van der Waals surface area contributed by atoms with Gasteiger partial charge in [0.25, 0.3) is 5.79 Å². The Kier molecular flexibility index (Phi) is 13.3. The maximum absolute atomic E-state index is 12.3. The van der Waals surface area contributed by atoms with Gasteiger partial charge in [-0.3, -0.25) is 4.79 Å². The molecule has 0 aliphatic carbocycles. The van der Waals surface area contributed by atoms with E-state index in [1.165, 1.54) is 21.3 Å². The Hall–Kier alpha value is -0.690. The highest BCUT2D eigenvalue weighted by molar-refractivity contribution is 5.62. The summed E-state index contributed by atoms with van der Waals surface area (Å²) in [4.78, 5) is 12.3. The molecule has 0 aliphatic rings. The summed E-state index contributed by atoms with van der Waals surface area (Å²) in [6, 6.07) is 0. The first kappa shape index (κ1) is 29.3. The fourth-order valence-electron chi connectivity index (χ4n) is 2.56. The van der Waals surface area contributed by atoms with Crippen molar-refractivity contribution in [1.82, 2.24) is 0 Å². The smallest absolute Gasteiger partial charge is 0.259 e. The molecule has 0 spiro atoms. The molecule has 6 atom stereocenters. The van der Waals surface area contributed by atoms with Crippen molar-refractivity contribution in [2.24, 2.45) is 0 Å². The van der Waals surface area contributed by atoms with Crippen LogP contribution < -0.4 is 0 Å². The molecule has 0 heterocycles. The number of rotatable bonds is 17. The first-order valence-corrected chi connectivity index (χ1v) is 9.90. The van der Waals surface area contributed by atoms with E-state index in [1.54, 1.807) is 55.4 Å². The molecular weight excluding hydrogens is 400 g/mol. The molecule has 0 amide bonds. The second-order valence-corrected chi connectivity index (χ2v) is 7.17. The molecule has 0 saturated heterocycles. The molecule has 0 aromatic rings. The van der Waals surface area contributed by atoms with Gasteiger partial charge in [-0.1, -0.05) is 0 Å². The molecule has 0 saturated carbocycles. The zero-order chi connectivity index (χ0) is 23.5. The Labute approximate surface area is 180 Å². The van der Waals surface area contributed by atoms with Crippen molar-refractivity contribution >= 4 is 6.29 Å². The highest BCUT2D eigenvalue weighted by Crippen LogP contribution is 2.34. The van der Waals surface area contributed by atoms with Gasteiger partial charge < -0.3 is 42.6 Å². The molecule has 0 bridgehead atoms. The predicted octanol–water partition coefficient (Wildman–Crippen LogP) is 2.78. The van der Waals surface area contributed by atoms with Crippen LogP contribution in [0.25, 0.3) is 0 Å². The summed E-state index contributed by atoms with van der Waals surface area (Å²) in [6.45, 7) is 13.3. The Morgan fingerprint density at radius 2 is 0.867 bits per heavy atom. The monoisotopic (exact) mass is 440 g/mol. The van der Waals surface area contributed by atoms with Crippen molar-refractivity contribution in [3.63, 3.8) is 0 Å². The van der Waals surface area contributed by atoms with Gasteiger partial charge in [0, 0.05) is 21.3 Å². The lowest BCUT2D eigenvalue weighted by molar-refractivity contribution is -0.404. The van der Waals surface area contributed by atoms with E-state index >= 15 is 0 Å². The van der Waals surface area contributed by atoms with Gasteiger partial charge in [0.15, 0.2) is 44.0 Å². The number of carbonyl (C=O) groups excluding carboxylic acids is 1. The minimum atomic E-state index is -1.92. The van der Waals surface area contributed by atoms with Gasteiger partial charge in [-0.2, -0.15) is 0 Å². The lowest BCUT2D eigenvalue weighted by atomic mass is 9.97. The van der Waals surface area contributed by atoms with E-state index in [2.05, 4.69) is 0 Å². The standard InChI is InChI=1S/C20H40O10/c1-13(22-9)25-16(4)28-19(7,8)20(12-21,29-17(5)26-14(2)23-10)30-18(6)27-15(3)24-11/h12-18H,1-11H3. The average molecular weight is 441 g/mol. The van der Waals surface area contributed by atoms with E-state index in [9.17, 15) is 4.79 Å². The summed E-state index contributed by atoms with van der Waals surface area (Å²) in [6.07, 6.45) is -3.65. The number of aldehydes is 1. The third kappa shape index (κ3) is 9.63. The zero-order valence-corrected chi connectivity index (χ0v) is 20.1. The van der Waals surface area contributed by atoms with E-state index < -0.39 is 49.1 Å². The summed E-state index contributed by atoms with van der Waals surface area (Å²) in [5, 5.41) is 0. The molecule has 6 unspecified atom stereocenters. The van der Waals surface area contributed by atoms with Crippen molar-refractivity contribution in [2.75, 3.05) is 21.3 Å². The third-order valence-electron chi connectivity index (χ3n) is 4.28. The Balaban J connectivity index is 5.70. The molecule has 0 aliphatic heterocycles. The Morgan fingerprint density at radius 3 is 1.13 bits per heavy atom. The first-order chi connectivity index (χ1) is 13.9. The molecule has 180 valence electrons. The summed E-state index contributed by atoms with van der Waals surface area (Å²) in [5.41, 5.74) is -1.33. The van der Waals surface area contributed by atoms with Gasteiger partial charge in [-0.25, -0.2) is 0 Å². The number of carbonyl (C=O) groups is 1. The molecule has 0 radical (unpaired) electrons. The third-order valence-corrected chi connectivity index (χ3v) is 4.28. The molecular formula is C20H40O10. The maximum atomic E-state index is 12.3. The van der Waals surface area contributed by atoms with Crippen LogP contribution in [0.15, 0.2) is 0 Å². The van der Waals surface area contributed by atoms with Crippen molar-refractivity contribution in [2.45, 2.75) is 105 Å². The highest BCUT2D eigenvalue weighted by atomic mass is 16.9. The summed E-state index contributed by atoms with van der Waals surface area (Å²) >= 11 is 0. The van der Waals surface area contributed by atoms with Gasteiger partial charge in [0.2, 0.25) is 0 Å². The van der Waals surface area contributed by atoms with Crippen LogP contribution in [-0.2, 0) is 47.4 Å². The molecule has 0 aromatic carbocycles. The second-order valence-electron chi connectivity index (χ2n) is 7.17. The molecule has 10 heteroatoms. The highest BCUT2D eigenvalue weighted by Gasteiger charge is 2.53. The summed E-state index contributed by atoms with van der Waals surface area (Å²) in [7, 11) is 4.49. The van der Waals surface area contributed by atoms with Gasteiger partial charge in [0.1, 0.15) is 5.60 Å². The number of hydrogen-bond acceptors (Lipinski definition) is 10. The van der Waals surface area contributed by atoms with Crippen molar-refractivity contribution in [3.05, 3.63) is 0 Å². The van der Waals surface area contributed by atoms with Crippen LogP contribution >= 0.6 is 0 Å². The SMILES string of the molecule is COC(C)OC(C)OC(C)(C)C(C=O)(OC(C)OC(C)OC)OC(C)OC(C)OC. The number of ether oxygens (including phenoxy) is 9. The van der Waals surface area contributed by atoms with Crippen LogP contribution in [0, 0.1) is 0 Å². The van der Waals surface area contributed by atoms with E-state index in [0.29, 0.717) is 6.29 Å². The maximum Gasteiger partial charge on any atom is 0.259 e. The van der Waals surface area contributed by atoms with Crippen LogP contribution in [0.3, 0.4) is 0 Å². The second kappa shape index (κ2) is 13.7. The average Bonchev–Trinajstić information content (AvgIpc) is 2.65. The minimum Gasteiger partial charge on any atom is -0.356 e. The first-order valence-electron chi connectivity index (χ1n) is 9.90. The van der Waals surface area contributed by atoms with E-state index in [-0.39, 0.29) is 0 Å². The van der Waals surface area contributed by atoms with E-state index in [1.807, 2.05) is 0 Å². The Bertz CT molecular complexity index is 453. The van der Waals surface area contributed by atoms with Crippen molar-refractivity contribution in [1.29, 1.82) is 0 Å². The lowest BCUT2D eigenvalue weighted by Crippen LogP contribution is -2.61. The largest absolute Gasteiger partial charge is 0.356 e. The molecule has 0 aromatic heterocycles. The van der Waals surface area contributed by atoms with E-state index in [0.717, 1.165) is 0 Å². The van der Waals surface area contributed by atoms with Crippen LogP contribution in [0.5, 0.6) is 0 Å². The molecule has 0 rings (SSSR count). The molecule has 10 nitrogen and oxygen atoms in total. The fourth-order valence-corrected chi connectivity index (χ4v) is 2.56. The summed E-state index contributed by atoms with van der Waals surface area (Å²) in [5.74, 6) is -1.92. The topological polar surface area (TPSA) is 100 Å². The molecule has 0 fully saturated rings. The lowest BCUT2D eigenvalue weighted by Gasteiger charge is -2.45. The van der Waals surface area contributed by atoms with Gasteiger partial charge in [0.05, 0.1) is 0 Å². The fraction of sp³-hybridized carbons (Fsp3) is 0.950. The van der Waals surface area contributed by atoms with Crippen LogP contribution in [0.2, 0.25) is 0 Å². The minimum absolute atomic E-state index is 0.508. The van der Waals surface area contributed by atoms with Crippen molar-refractivity contribution < 1.29 is 47.4 Å². The normalized spacial score (nSPS) is 20.6. The van der Waals surface area contributed by atoms with Crippen LogP contribution in [-0.4, -0.2) is 76.7 Å². The Morgan fingerprint density at radius 1 is 0.567 bits per heavy atom. The van der Waals surface area contributed by atoms with Gasteiger partial charge in [-0.05, 0) is 55.4 Å². The number of methoxy groups -OCH3 is 3. The van der Waals surface area contributed by atoms with E-state index in [4.69, 9.17) is 42.6 Å². The zero-order valence-electron chi connectivity index (χ0n) is 20.1. The molecule has 0 N–H and O–H groups in total. The van der Waals surface area contributed by atoms with Gasteiger partial charge in [-0.15, -0.1) is 0 Å². The van der Waals surface area contributed by atoms with Crippen LogP contribution in [0.1, 0.15) is 55.4 Å². The molecule has 30 heavy (non-hydrogen) atoms.